The van der Waals surface area contributed by atoms with Crippen LogP contribution in [0.25, 0.3) is 0 Å². The first-order chi connectivity index (χ1) is 9.74. The Kier molecular flexibility index (Phi) is 4.32. The van der Waals surface area contributed by atoms with Gasteiger partial charge in [-0.2, -0.15) is 11.8 Å². The van der Waals surface area contributed by atoms with E-state index in [-0.39, 0.29) is 6.04 Å². The Labute approximate surface area is 125 Å². The summed E-state index contributed by atoms with van der Waals surface area (Å²) in [5.74, 6) is 2.32. The number of benzene rings is 1. The zero-order valence-corrected chi connectivity index (χ0v) is 12.8. The van der Waals surface area contributed by atoms with Gasteiger partial charge in [-0.1, -0.05) is 29.8 Å². The van der Waals surface area contributed by atoms with E-state index in [1.54, 1.807) is 0 Å². The zero-order chi connectivity index (χ0) is 13.9. The van der Waals surface area contributed by atoms with E-state index in [1.807, 2.05) is 11.8 Å². The molecule has 20 heavy (non-hydrogen) atoms. The molecule has 3 nitrogen and oxygen atoms in total. The van der Waals surface area contributed by atoms with Crippen LogP contribution in [0.3, 0.4) is 0 Å². The number of carbonyl (C=O) groups excluding carboxylic acids is 1. The second-order valence-electron chi connectivity index (χ2n) is 5.77. The van der Waals surface area contributed by atoms with Crippen molar-refractivity contribution in [3.8, 4) is 0 Å². The highest BCUT2D eigenvalue weighted by molar-refractivity contribution is 7.99. The van der Waals surface area contributed by atoms with Crippen LogP contribution in [0, 0.1) is 6.92 Å². The fourth-order valence-corrected chi connectivity index (χ4v) is 3.63. The summed E-state index contributed by atoms with van der Waals surface area (Å²) in [6.07, 6.45) is 2.33. The summed E-state index contributed by atoms with van der Waals surface area (Å²) in [5.41, 5.74) is 2.51. The number of hydrogen-bond donors (Lipinski definition) is 1. The van der Waals surface area contributed by atoms with Gasteiger partial charge in [-0.3, -0.25) is 4.79 Å². The lowest BCUT2D eigenvalue weighted by Gasteiger charge is -2.30. The maximum Gasteiger partial charge on any atom is 0.241 e. The van der Waals surface area contributed by atoms with Gasteiger partial charge in [-0.05, 0) is 25.3 Å². The first-order valence-corrected chi connectivity index (χ1v) is 8.56. The quantitative estimate of drug-likeness (QED) is 0.922. The number of nitrogens with zero attached hydrogens (tertiary/aromatic N) is 1. The molecule has 0 aromatic heterocycles. The molecule has 0 bridgehead atoms. The van der Waals surface area contributed by atoms with Crippen molar-refractivity contribution in [1.29, 1.82) is 0 Å². The van der Waals surface area contributed by atoms with Gasteiger partial charge in [0.2, 0.25) is 5.91 Å². The molecule has 1 N–H and O–H groups in total. The molecule has 1 aliphatic carbocycles. The highest BCUT2D eigenvalue weighted by Crippen LogP contribution is 2.29. The van der Waals surface area contributed by atoms with E-state index in [0.717, 1.165) is 37.4 Å². The first-order valence-electron chi connectivity index (χ1n) is 7.41. The van der Waals surface area contributed by atoms with Gasteiger partial charge < -0.3 is 10.2 Å². The third kappa shape index (κ3) is 3.36. The van der Waals surface area contributed by atoms with Crippen molar-refractivity contribution in [2.75, 3.05) is 18.1 Å². The third-order valence-electron chi connectivity index (χ3n) is 3.93. The minimum absolute atomic E-state index is 0.0131. The molecule has 1 heterocycles. The third-order valence-corrected chi connectivity index (χ3v) is 4.99. The molecule has 1 saturated heterocycles. The highest BCUT2D eigenvalue weighted by Gasteiger charge is 2.36. The second kappa shape index (κ2) is 6.19. The number of nitrogens with one attached hydrogen (secondary N) is 1. The van der Waals surface area contributed by atoms with Crippen LogP contribution in [0.4, 0.5) is 0 Å². The number of thioether (sulfide) groups is 1. The fraction of sp³-hybridized carbons (Fsp3) is 0.562. The topological polar surface area (TPSA) is 32.3 Å². The maximum atomic E-state index is 12.7. The largest absolute Gasteiger partial charge is 0.334 e. The van der Waals surface area contributed by atoms with Gasteiger partial charge in [0.25, 0.3) is 0 Å². The average molecular weight is 290 g/mol. The van der Waals surface area contributed by atoms with Crippen LogP contribution in [-0.2, 0) is 11.3 Å². The Hall–Kier alpha value is -1.00. The summed E-state index contributed by atoms with van der Waals surface area (Å²) in [6.45, 7) is 3.81. The normalized spacial score (nSPS) is 22.6. The molecule has 108 valence electrons. The van der Waals surface area contributed by atoms with Crippen molar-refractivity contribution in [3.05, 3.63) is 35.4 Å². The molecule has 1 amide bonds. The van der Waals surface area contributed by atoms with Crippen LogP contribution in [-0.4, -0.2) is 40.9 Å². The molecular weight excluding hydrogens is 268 g/mol. The Morgan fingerprint density at radius 3 is 2.95 bits per heavy atom. The molecule has 1 aliphatic heterocycles. The van der Waals surface area contributed by atoms with Crippen LogP contribution in [0.1, 0.15) is 24.0 Å². The van der Waals surface area contributed by atoms with E-state index in [1.165, 1.54) is 11.1 Å². The summed E-state index contributed by atoms with van der Waals surface area (Å²) in [5, 5.41) is 3.37. The van der Waals surface area contributed by atoms with Crippen LogP contribution >= 0.6 is 11.8 Å². The van der Waals surface area contributed by atoms with Gasteiger partial charge in [0.05, 0.1) is 6.04 Å². The molecule has 0 radical (unpaired) electrons. The van der Waals surface area contributed by atoms with Crippen molar-refractivity contribution >= 4 is 17.7 Å². The van der Waals surface area contributed by atoms with Crippen molar-refractivity contribution in [3.63, 3.8) is 0 Å². The summed E-state index contributed by atoms with van der Waals surface area (Å²) >= 11 is 1.88. The van der Waals surface area contributed by atoms with E-state index >= 15 is 0 Å². The Balaban J connectivity index is 1.70. The minimum Gasteiger partial charge on any atom is -0.334 e. The Morgan fingerprint density at radius 2 is 2.30 bits per heavy atom. The molecular formula is C16H22N2OS. The SMILES string of the molecule is Cc1cccc(CN(C(=O)C2CSCCN2)C2CC2)c1. The van der Waals surface area contributed by atoms with Crippen molar-refractivity contribution < 1.29 is 4.79 Å². The van der Waals surface area contributed by atoms with Crippen LogP contribution in [0.15, 0.2) is 24.3 Å². The number of amides is 1. The van der Waals surface area contributed by atoms with Gasteiger partial charge >= 0.3 is 0 Å². The summed E-state index contributed by atoms with van der Waals surface area (Å²) < 4.78 is 0. The predicted octanol–water partition coefficient (Wildman–Crippen LogP) is 2.19. The predicted molar refractivity (Wildman–Crippen MR) is 83.9 cm³/mol. The lowest BCUT2D eigenvalue weighted by Crippen LogP contribution is -2.51. The van der Waals surface area contributed by atoms with Gasteiger partial charge in [-0.15, -0.1) is 0 Å². The molecule has 2 fully saturated rings. The van der Waals surface area contributed by atoms with Gasteiger partial charge in [-0.25, -0.2) is 0 Å². The van der Waals surface area contributed by atoms with Crippen molar-refractivity contribution in [2.24, 2.45) is 0 Å². The first kappa shape index (κ1) is 14.0. The molecule has 2 aliphatic rings. The van der Waals surface area contributed by atoms with Crippen molar-refractivity contribution in [1.82, 2.24) is 10.2 Å². The van der Waals surface area contributed by atoms with E-state index in [9.17, 15) is 4.79 Å². The average Bonchev–Trinajstić information content (AvgIpc) is 3.30. The maximum absolute atomic E-state index is 12.7. The van der Waals surface area contributed by atoms with E-state index in [0.29, 0.717) is 11.9 Å². The van der Waals surface area contributed by atoms with Gasteiger partial charge in [0.1, 0.15) is 0 Å². The monoisotopic (exact) mass is 290 g/mol. The minimum atomic E-state index is 0.0131. The van der Waals surface area contributed by atoms with Crippen LogP contribution in [0.2, 0.25) is 0 Å². The summed E-state index contributed by atoms with van der Waals surface area (Å²) in [4.78, 5) is 14.8. The lowest BCUT2D eigenvalue weighted by molar-refractivity contribution is -0.134. The number of carbonyl (C=O) groups is 1. The molecule has 1 atom stereocenters. The molecule has 0 spiro atoms. The molecule has 1 aromatic carbocycles. The van der Waals surface area contributed by atoms with E-state index < -0.39 is 0 Å². The molecule has 1 aromatic rings. The van der Waals surface area contributed by atoms with Crippen LogP contribution in [0.5, 0.6) is 0 Å². The second-order valence-corrected chi connectivity index (χ2v) is 6.92. The van der Waals surface area contributed by atoms with Gasteiger partial charge in [0, 0.05) is 30.6 Å². The number of hydrogen-bond acceptors (Lipinski definition) is 3. The molecule has 1 saturated carbocycles. The zero-order valence-electron chi connectivity index (χ0n) is 12.0. The Morgan fingerprint density at radius 1 is 1.45 bits per heavy atom. The lowest BCUT2D eigenvalue weighted by atomic mass is 10.1. The van der Waals surface area contributed by atoms with E-state index in [2.05, 4.69) is 41.4 Å². The number of rotatable bonds is 4. The molecule has 1 unspecified atom stereocenters. The standard InChI is InChI=1S/C16H22N2OS/c1-12-3-2-4-13(9-12)10-18(14-5-6-14)16(19)15-11-20-8-7-17-15/h2-4,9,14-15,17H,5-8,10-11H2,1H3. The van der Waals surface area contributed by atoms with Crippen molar-refractivity contribution in [2.45, 2.75) is 38.4 Å². The Bertz CT molecular complexity index is 481. The molecule has 4 heteroatoms. The summed E-state index contributed by atoms with van der Waals surface area (Å²) in [7, 11) is 0. The molecule has 3 rings (SSSR count). The van der Waals surface area contributed by atoms with Crippen LogP contribution < -0.4 is 5.32 Å². The summed E-state index contributed by atoms with van der Waals surface area (Å²) in [6, 6.07) is 8.97. The highest BCUT2D eigenvalue weighted by atomic mass is 32.2. The number of aryl methyl sites for hydroxylation is 1. The van der Waals surface area contributed by atoms with Gasteiger partial charge in [0.15, 0.2) is 0 Å². The fourth-order valence-electron chi connectivity index (χ4n) is 2.70. The smallest absolute Gasteiger partial charge is 0.241 e. The van der Waals surface area contributed by atoms with E-state index in [4.69, 9.17) is 0 Å².